The molecule has 0 aromatic carbocycles. The molecule has 0 aliphatic carbocycles. The molecule has 1 fully saturated rings. The smallest absolute Gasteiger partial charge is 0.362 e. The van der Waals surface area contributed by atoms with E-state index in [1.165, 1.54) is 70.6 Å². The Morgan fingerprint density at radius 3 is 1.57 bits per heavy atom. The van der Waals surface area contributed by atoms with Crippen LogP contribution in [0.1, 0.15) is 110 Å². The van der Waals surface area contributed by atoms with Gasteiger partial charge < -0.3 is 10.2 Å². The molecule has 8 heteroatoms. The van der Waals surface area contributed by atoms with Crippen molar-refractivity contribution in [3.63, 3.8) is 0 Å². The standard InChI is InChI=1S/C20H38O7S/c1-2-3-4-5-6-7-8-9-10-11-12-13-14-15-16-17-18(21)20(23)19(22)26-28(24,25)27-20/h19,22-23H,2-17H2,1H3. The van der Waals surface area contributed by atoms with E-state index in [1.807, 2.05) is 0 Å². The number of aliphatic hydroxyl groups excluding tert-OH is 1. The summed E-state index contributed by atoms with van der Waals surface area (Å²) in [6, 6.07) is 0. The van der Waals surface area contributed by atoms with Crippen molar-refractivity contribution < 1.29 is 31.8 Å². The Labute approximate surface area is 170 Å². The van der Waals surface area contributed by atoms with Crippen LogP contribution in [0.5, 0.6) is 0 Å². The summed E-state index contributed by atoms with van der Waals surface area (Å²) < 4.78 is 30.4. The van der Waals surface area contributed by atoms with Crippen molar-refractivity contribution >= 4 is 16.2 Å². The van der Waals surface area contributed by atoms with Crippen LogP contribution in [-0.4, -0.2) is 36.5 Å². The first-order valence-corrected chi connectivity index (χ1v) is 12.2. The Balaban J connectivity index is 1.92. The number of rotatable bonds is 17. The van der Waals surface area contributed by atoms with E-state index in [0.29, 0.717) is 6.42 Å². The highest BCUT2D eigenvalue weighted by Crippen LogP contribution is 2.30. The van der Waals surface area contributed by atoms with Gasteiger partial charge in [0.1, 0.15) is 0 Å². The van der Waals surface area contributed by atoms with Crippen LogP contribution in [0.4, 0.5) is 0 Å². The average molecular weight is 423 g/mol. The lowest BCUT2D eigenvalue weighted by atomic mass is 10.0. The van der Waals surface area contributed by atoms with E-state index in [2.05, 4.69) is 15.3 Å². The second-order valence-electron chi connectivity index (χ2n) is 7.76. The van der Waals surface area contributed by atoms with Crippen LogP contribution in [0, 0.1) is 0 Å². The summed E-state index contributed by atoms with van der Waals surface area (Å²) in [6.07, 6.45) is 15.6. The maximum Gasteiger partial charge on any atom is 0.405 e. The molecule has 1 rings (SSSR count). The fourth-order valence-electron chi connectivity index (χ4n) is 3.41. The van der Waals surface area contributed by atoms with E-state index in [-0.39, 0.29) is 6.42 Å². The minimum absolute atomic E-state index is 0.0648. The van der Waals surface area contributed by atoms with Crippen LogP contribution in [0.3, 0.4) is 0 Å². The number of aliphatic hydroxyl groups is 2. The van der Waals surface area contributed by atoms with Crippen molar-refractivity contribution in [2.45, 2.75) is 122 Å². The Hall–Kier alpha value is -0.540. The molecule has 0 aromatic heterocycles. The van der Waals surface area contributed by atoms with Crippen molar-refractivity contribution in [3.8, 4) is 0 Å². The monoisotopic (exact) mass is 422 g/mol. The van der Waals surface area contributed by atoms with Crippen LogP contribution in [0.2, 0.25) is 0 Å². The molecule has 0 amide bonds. The summed E-state index contributed by atoms with van der Waals surface area (Å²) in [4.78, 5) is 11.9. The number of ketones is 1. The molecule has 2 unspecified atom stereocenters. The number of unbranched alkanes of at least 4 members (excludes halogenated alkanes) is 14. The molecule has 1 heterocycles. The van der Waals surface area contributed by atoms with Gasteiger partial charge in [0.2, 0.25) is 6.29 Å². The number of carbonyl (C=O) groups is 1. The average Bonchev–Trinajstić information content (AvgIpc) is 2.86. The lowest BCUT2D eigenvalue weighted by Crippen LogP contribution is -2.47. The minimum atomic E-state index is -4.53. The summed E-state index contributed by atoms with van der Waals surface area (Å²) >= 11 is 0. The van der Waals surface area contributed by atoms with Crippen molar-refractivity contribution in [1.29, 1.82) is 0 Å². The predicted octanol–water partition coefficient (Wildman–Crippen LogP) is 4.12. The van der Waals surface area contributed by atoms with Gasteiger partial charge in [-0.05, 0) is 6.42 Å². The zero-order valence-electron chi connectivity index (χ0n) is 17.2. The molecule has 1 saturated heterocycles. The van der Waals surface area contributed by atoms with Gasteiger partial charge in [-0.25, -0.2) is 4.18 Å². The number of hydrogen-bond donors (Lipinski definition) is 2. The van der Waals surface area contributed by atoms with Gasteiger partial charge in [0, 0.05) is 6.42 Å². The molecule has 0 radical (unpaired) electrons. The Morgan fingerprint density at radius 1 is 0.821 bits per heavy atom. The highest BCUT2D eigenvalue weighted by Gasteiger charge is 2.57. The van der Waals surface area contributed by atoms with Crippen LogP contribution in [0.25, 0.3) is 0 Å². The number of hydrogen-bond acceptors (Lipinski definition) is 7. The fourth-order valence-corrected chi connectivity index (χ4v) is 4.29. The predicted molar refractivity (Wildman–Crippen MR) is 107 cm³/mol. The van der Waals surface area contributed by atoms with Gasteiger partial charge in [0.05, 0.1) is 0 Å². The molecule has 0 aromatic rings. The maximum atomic E-state index is 11.9. The molecule has 28 heavy (non-hydrogen) atoms. The first-order valence-electron chi connectivity index (χ1n) is 10.9. The third kappa shape index (κ3) is 9.78. The van der Waals surface area contributed by atoms with E-state index in [9.17, 15) is 23.4 Å². The largest absolute Gasteiger partial charge is 0.405 e. The topological polar surface area (TPSA) is 110 Å². The summed E-state index contributed by atoms with van der Waals surface area (Å²) in [7, 11) is -4.53. The van der Waals surface area contributed by atoms with Crippen molar-refractivity contribution in [3.05, 3.63) is 0 Å². The molecule has 7 nitrogen and oxygen atoms in total. The second-order valence-corrected chi connectivity index (χ2v) is 8.94. The van der Waals surface area contributed by atoms with Crippen molar-refractivity contribution in [2.24, 2.45) is 0 Å². The van der Waals surface area contributed by atoms with Gasteiger partial charge in [-0.3, -0.25) is 4.79 Å². The molecule has 0 saturated carbocycles. The van der Waals surface area contributed by atoms with Gasteiger partial charge >= 0.3 is 10.4 Å². The zero-order chi connectivity index (χ0) is 20.9. The molecule has 0 spiro atoms. The van der Waals surface area contributed by atoms with E-state index < -0.39 is 28.3 Å². The number of carbonyl (C=O) groups excluding carboxylic acids is 1. The lowest BCUT2D eigenvalue weighted by Gasteiger charge is -2.19. The molecule has 1 aliphatic rings. The molecule has 166 valence electrons. The first kappa shape index (κ1) is 25.5. The maximum absolute atomic E-state index is 11.9. The molecule has 0 bridgehead atoms. The fraction of sp³-hybridized carbons (Fsp3) is 0.950. The van der Waals surface area contributed by atoms with E-state index in [1.54, 1.807) is 0 Å². The summed E-state index contributed by atoms with van der Waals surface area (Å²) in [5.74, 6) is -3.69. The molecular formula is C20H38O7S. The second kappa shape index (κ2) is 13.6. The van der Waals surface area contributed by atoms with Gasteiger partial charge in [-0.1, -0.05) is 96.8 Å². The summed E-state index contributed by atoms with van der Waals surface area (Å²) in [5.41, 5.74) is 0. The van der Waals surface area contributed by atoms with Gasteiger partial charge in [-0.15, -0.1) is 0 Å². The SMILES string of the molecule is CCCCCCCCCCCCCCCCCC(=O)C1(O)OS(=O)(=O)OC1O. The van der Waals surface area contributed by atoms with Crippen LogP contribution in [-0.2, 0) is 23.6 Å². The Bertz CT molecular complexity index is 535. The molecular weight excluding hydrogens is 384 g/mol. The van der Waals surface area contributed by atoms with Gasteiger partial charge in [0.15, 0.2) is 5.78 Å². The van der Waals surface area contributed by atoms with Gasteiger partial charge in [-0.2, -0.15) is 12.6 Å². The number of Topliss-reactive ketones (excluding diaryl/α,β-unsaturated/α-hetero) is 1. The normalized spacial score (nSPS) is 23.9. The van der Waals surface area contributed by atoms with Crippen molar-refractivity contribution in [2.75, 3.05) is 0 Å². The third-order valence-electron chi connectivity index (χ3n) is 5.18. The Morgan fingerprint density at radius 2 is 1.21 bits per heavy atom. The molecule has 2 N–H and O–H groups in total. The quantitative estimate of drug-likeness (QED) is 0.339. The first-order chi connectivity index (χ1) is 13.3. The summed E-state index contributed by atoms with van der Waals surface area (Å²) in [6.45, 7) is 2.24. The van der Waals surface area contributed by atoms with Gasteiger partial charge in [0.25, 0.3) is 5.79 Å². The minimum Gasteiger partial charge on any atom is -0.362 e. The highest BCUT2D eigenvalue weighted by atomic mass is 32.3. The van der Waals surface area contributed by atoms with Crippen LogP contribution < -0.4 is 0 Å². The summed E-state index contributed by atoms with van der Waals surface area (Å²) in [5, 5.41) is 19.2. The highest BCUT2D eigenvalue weighted by molar-refractivity contribution is 7.82. The Kier molecular flexibility index (Phi) is 12.4. The van der Waals surface area contributed by atoms with E-state index in [4.69, 9.17) is 0 Å². The van der Waals surface area contributed by atoms with E-state index >= 15 is 0 Å². The molecule has 1 aliphatic heterocycles. The third-order valence-corrected chi connectivity index (χ3v) is 6.06. The molecule has 2 atom stereocenters. The van der Waals surface area contributed by atoms with Crippen LogP contribution >= 0.6 is 0 Å². The van der Waals surface area contributed by atoms with Crippen molar-refractivity contribution in [1.82, 2.24) is 0 Å². The zero-order valence-corrected chi connectivity index (χ0v) is 18.1. The lowest BCUT2D eigenvalue weighted by molar-refractivity contribution is -0.218. The van der Waals surface area contributed by atoms with Crippen LogP contribution in [0.15, 0.2) is 0 Å². The van der Waals surface area contributed by atoms with E-state index in [0.717, 1.165) is 19.3 Å².